The molecule has 2 nitrogen and oxygen atoms in total. The lowest BCUT2D eigenvalue weighted by molar-refractivity contribution is 0.462. The first-order chi connectivity index (χ1) is 10.2. The summed E-state index contributed by atoms with van der Waals surface area (Å²) in [7, 11) is -0.775. The highest BCUT2D eigenvalue weighted by Crippen LogP contribution is 2.24. The van der Waals surface area contributed by atoms with Crippen molar-refractivity contribution in [2.75, 3.05) is 6.54 Å². The Bertz CT molecular complexity index is 460. The minimum Gasteiger partial charge on any atom is -0.313 e. The van der Waals surface area contributed by atoms with Crippen LogP contribution in [0.2, 0.25) is 0 Å². The molecule has 1 fully saturated rings. The van der Waals surface area contributed by atoms with E-state index in [2.05, 4.69) is 43.4 Å². The molecule has 3 unspecified atom stereocenters. The standard InChI is InChI=1S/C18H29NOS/c1-3-13-19-17-11-5-4-6-12-18(17)21(20)14-16-10-8-7-9-15(16)2/h7-10,17-19H,3-6,11-14H2,1-2H3. The monoisotopic (exact) mass is 307 g/mol. The predicted octanol–water partition coefficient (Wildman–Crippen LogP) is 3.94. The molecule has 1 aliphatic rings. The van der Waals surface area contributed by atoms with E-state index in [1.165, 1.54) is 36.8 Å². The summed E-state index contributed by atoms with van der Waals surface area (Å²) >= 11 is 0. The Hall–Kier alpha value is -0.670. The van der Waals surface area contributed by atoms with Gasteiger partial charge in [-0.25, -0.2) is 0 Å². The molecule has 0 spiro atoms. The largest absolute Gasteiger partial charge is 0.313 e. The number of aryl methyl sites for hydroxylation is 1. The van der Waals surface area contributed by atoms with Crippen molar-refractivity contribution in [3.05, 3.63) is 35.4 Å². The van der Waals surface area contributed by atoms with Gasteiger partial charge in [-0.1, -0.05) is 50.5 Å². The van der Waals surface area contributed by atoms with Crippen molar-refractivity contribution >= 4 is 10.8 Å². The molecule has 1 saturated carbocycles. The van der Waals surface area contributed by atoms with Crippen LogP contribution in [-0.2, 0) is 16.6 Å². The molecule has 0 aromatic heterocycles. The first-order valence-electron chi connectivity index (χ1n) is 8.37. The molecule has 2 rings (SSSR count). The topological polar surface area (TPSA) is 29.1 Å². The second-order valence-corrected chi connectivity index (χ2v) is 7.84. The van der Waals surface area contributed by atoms with Crippen LogP contribution in [0, 0.1) is 6.92 Å². The molecule has 21 heavy (non-hydrogen) atoms. The molecule has 0 bridgehead atoms. The third-order valence-corrected chi connectivity index (χ3v) is 6.34. The zero-order valence-corrected chi connectivity index (χ0v) is 14.3. The molecule has 0 heterocycles. The summed E-state index contributed by atoms with van der Waals surface area (Å²) in [4.78, 5) is 0. The van der Waals surface area contributed by atoms with E-state index in [0.29, 0.717) is 17.0 Å². The lowest BCUT2D eigenvalue weighted by atomic mass is 10.1. The fourth-order valence-corrected chi connectivity index (χ4v) is 5.06. The van der Waals surface area contributed by atoms with Crippen LogP contribution < -0.4 is 5.32 Å². The third kappa shape index (κ3) is 4.93. The molecule has 118 valence electrons. The van der Waals surface area contributed by atoms with Crippen molar-refractivity contribution in [3.63, 3.8) is 0 Å². The summed E-state index contributed by atoms with van der Waals surface area (Å²) in [5, 5.41) is 3.97. The Morgan fingerprint density at radius 3 is 2.71 bits per heavy atom. The van der Waals surface area contributed by atoms with Crippen LogP contribution in [0.5, 0.6) is 0 Å². The van der Waals surface area contributed by atoms with Gasteiger partial charge in [0.2, 0.25) is 0 Å². The average Bonchev–Trinajstić information content (AvgIpc) is 2.73. The molecular formula is C18H29NOS. The van der Waals surface area contributed by atoms with Crippen LogP contribution in [0.1, 0.15) is 56.6 Å². The minimum absolute atomic E-state index is 0.318. The molecule has 0 radical (unpaired) electrons. The normalized spacial score (nSPS) is 24.5. The van der Waals surface area contributed by atoms with E-state index in [1.807, 2.05) is 0 Å². The maximum Gasteiger partial charge on any atom is 0.0504 e. The maximum absolute atomic E-state index is 12.9. The van der Waals surface area contributed by atoms with E-state index in [0.717, 1.165) is 19.4 Å². The Morgan fingerprint density at radius 2 is 1.95 bits per heavy atom. The fraction of sp³-hybridized carbons (Fsp3) is 0.667. The van der Waals surface area contributed by atoms with E-state index in [1.54, 1.807) is 0 Å². The van der Waals surface area contributed by atoms with E-state index in [-0.39, 0.29) is 0 Å². The summed E-state index contributed by atoms with van der Waals surface area (Å²) in [6.45, 7) is 5.36. The van der Waals surface area contributed by atoms with E-state index >= 15 is 0 Å². The first kappa shape index (κ1) is 16.7. The molecule has 3 atom stereocenters. The van der Waals surface area contributed by atoms with Crippen LogP contribution in [-0.4, -0.2) is 22.0 Å². The van der Waals surface area contributed by atoms with Gasteiger partial charge in [-0.2, -0.15) is 0 Å². The van der Waals surface area contributed by atoms with Gasteiger partial charge >= 0.3 is 0 Å². The van der Waals surface area contributed by atoms with Gasteiger partial charge in [0.15, 0.2) is 0 Å². The lowest BCUT2D eigenvalue weighted by Crippen LogP contribution is -2.42. The Morgan fingerprint density at radius 1 is 1.19 bits per heavy atom. The minimum atomic E-state index is -0.775. The molecule has 1 N–H and O–H groups in total. The summed E-state index contributed by atoms with van der Waals surface area (Å²) in [5.41, 5.74) is 2.51. The Balaban J connectivity index is 2.04. The smallest absolute Gasteiger partial charge is 0.0504 e. The molecule has 1 aliphatic carbocycles. The number of nitrogens with one attached hydrogen (secondary N) is 1. The van der Waals surface area contributed by atoms with Crippen molar-refractivity contribution in [2.24, 2.45) is 0 Å². The van der Waals surface area contributed by atoms with Gasteiger partial charge in [-0.3, -0.25) is 4.21 Å². The zero-order chi connectivity index (χ0) is 15.1. The summed E-state index contributed by atoms with van der Waals surface area (Å²) < 4.78 is 12.9. The fourth-order valence-electron chi connectivity index (χ4n) is 3.18. The van der Waals surface area contributed by atoms with Crippen molar-refractivity contribution in [1.29, 1.82) is 0 Å². The van der Waals surface area contributed by atoms with Gasteiger partial charge in [0, 0.05) is 22.6 Å². The Kier molecular flexibility index (Phi) is 6.91. The van der Waals surface area contributed by atoms with Crippen LogP contribution in [0.25, 0.3) is 0 Å². The predicted molar refractivity (Wildman–Crippen MR) is 92.0 cm³/mol. The zero-order valence-electron chi connectivity index (χ0n) is 13.4. The van der Waals surface area contributed by atoms with Crippen LogP contribution in [0.15, 0.2) is 24.3 Å². The number of benzene rings is 1. The third-order valence-electron chi connectivity index (χ3n) is 4.51. The van der Waals surface area contributed by atoms with Crippen molar-refractivity contribution in [3.8, 4) is 0 Å². The van der Waals surface area contributed by atoms with Crippen molar-refractivity contribution in [2.45, 2.75) is 69.4 Å². The van der Waals surface area contributed by atoms with Gasteiger partial charge in [0.25, 0.3) is 0 Å². The van der Waals surface area contributed by atoms with Crippen molar-refractivity contribution < 1.29 is 4.21 Å². The molecule has 3 heteroatoms. The highest BCUT2D eigenvalue weighted by Gasteiger charge is 2.28. The number of rotatable bonds is 6. The quantitative estimate of drug-likeness (QED) is 0.806. The summed E-state index contributed by atoms with van der Waals surface area (Å²) in [5.74, 6) is 0.710. The average molecular weight is 308 g/mol. The van der Waals surface area contributed by atoms with E-state index in [9.17, 15) is 4.21 Å². The highest BCUT2D eigenvalue weighted by atomic mass is 32.2. The SMILES string of the molecule is CCCNC1CCCCCC1S(=O)Cc1ccccc1C. The van der Waals surface area contributed by atoms with Gasteiger partial charge in [-0.05, 0) is 43.9 Å². The van der Waals surface area contributed by atoms with Gasteiger partial charge in [0.05, 0.1) is 5.25 Å². The molecule has 1 aromatic rings. The van der Waals surface area contributed by atoms with Gasteiger partial charge < -0.3 is 5.32 Å². The van der Waals surface area contributed by atoms with Crippen LogP contribution in [0.3, 0.4) is 0 Å². The number of hydrogen-bond acceptors (Lipinski definition) is 2. The van der Waals surface area contributed by atoms with E-state index < -0.39 is 10.8 Å². The van der Waals surface area contributed by atoms with Crippen molar-refractivity contribution in [1.82, 2.24) is 5.32 Å². The number of hydrogen-bond donors (Lipinski definition) is 1. The Labute approximate surface area is 132 Å². The molecule has 1 aromatic carbocycles. The molecule has 0 saturated heterocycles. The maximum atomic E-state index is 12.9. The second kappa shape index (κ2) is 8.70. The summed E-state index contributed by atoms with van der Waals surface area (Å²) in [6, 6.07) is 8.79. The van der Waals surface area contributed by atoms with Gasteiger partial charge in [-0.15, -0.1) is 0 Å². The van der Waals surface area contributed by atoms with E-state index in [4.69, 9.17) is 0 Å². The molecule has 0 amide bonds. The van der Waals surface area contributed by atoms with Crippen LogP contribution in [0.4, 0.5) is 0 Å². The first-order valence-corrected chi connectivity index (χ1v) is 9.75. The molecular weight excluding hydrogens is 278 g/mol. The second-order valence-electron chi connectivity index (χ2n) is 6.19. The summed E-state index contributed by atoms with van der Waals surface area (Å²) in [6.07, 6.45) is 7.24. The lowest BCUT2D eigenvalue weighted by Gasteiger charge is -2.26. The molecule has 0 aliphatic heterocycles. The van der Waals surface area contributed by atoms with Crippen LogP contribution >= 0.6 is 0 Å². The van der Waals surface area contributed by atoms with Gasteiger partial charge in [0.1, 0.15) is 0 Å². The highest BCUT2D eigenvalue weighted by molar-refractivity contribution is 7.84.